The van der Waals surface area contributed by atoms with Crippen LogP contribution in [-0.4, -0.2) is 35.6 Å². The van der Waals surface area contributed by atoms with E-state index in [4.69, 9.17) is 10.5 Å². The van der Waals surface area contributed by atoms with E-state index in [0.29, 0.717) is 17.1 Å². The van der Waals surface area contributed by atoms with Gasteiger partial charge in [-0.2, -0.15) is 11.8 Å². The van der Waals surface area contributed by atoms with Crippen LogP contribution in [0, 0.1) is 0 Å². The number of nitrogens with zero attached hydrogens (tertiary/aromatic N) is 1. The van der Waals surface area contributed by atoms with E-state index >= 15 is 0 Å². The molecule has 0 aromatic carbocycles. The van der Waals surface area contributed by atoms with Gasteiger partial charge in [0.1, 0.15) is 11.4 Å². The minimum atomic E-state index is -0.433. The largest absolute Gasteiger partial charge is 0.465 e. The Bertz CT molecular complexity index is 426. The summed E-state index contributed by atoms with van der Waals surface area (Å²) in [6, 6.07) is 1.81. The van der Waals surface area contributed by atoms with Crippen LogP contribution in [0.25, 0.3) is 0 Å². The maximum atomic E-state index is 11.7. The van der Waals surface area contributed by atoms with Crippen LogP contribution in [0.1, 0.15) is 30.6 Å². The number of nitrogen functional groups attached to an aromatic ring is 1. The molecule has 6 heteroatoms. The number of anilines is 2. The number of carbonyl (C=O) groups excluding carboxylic acids is 1. The second kappa shape index (κ2) is 7.89. The molecule has 106 valence electrons. The predicted molar refractivity (Wildman–Crippen MR) is 80.7 cm³/mol. The van der Waals surface area contributed by atoms with Crippen LogP contribution in [-0.2, 0) is 4.74 Å². The summed E-state index contributed by atoms with van der Waals surface area (Å²) in [5.74, 6) is 2.28. The van der Waals surface area contributed by atoms with E-state index in [-0.39, 0.29) is 6.04 Å². The number of pyridine rings is 1. The summed E-state index contributed by atoms with van der Waals surface area (Å²) >= 11 is 1.89. The lowest BCUT2D eigenvalue weighted by atomic mass is 10.2. The van der Waals surface area contributed by atoms with Gasteiger partial charge in [0.05, 0.1) is 19.0 Å². The summed E-state index contributed by atoms with van der Waals surface area (Å²) < 4.78 is 4.73. The molecule has 5 nitrogen and oxygen atoms in total. The van der Waals surface area contributed by atoms with E-state index in [9.17, 15) is 4.79 Å². The number of hydrogen-bond donors (Lipinski definition) is 2. The smallest absolute Gasteiger partial charge is 0.341 e. The first-order valence-electron chi connectivity index (χ1n) is 6.26. The molecular formula is C13H21N3O2S. The van der Waals surface area contributed by atoms with Crippen LogP contribution < -0.4 is 11.1 Å². The first kappa shape index (κ1) is 15.6. The average molecular weight is 283 g/mol. The number of nitrogens with two attached hydrogens (primary N) is 1. The molecule has 0 radical (unpaired) electrons. The average Bonchev–Trinajstić information content (AvgIpc) is 2.40. The van der Waals surface area contributed by atoms with Crippen LogP contribution in [0.5, 0.6) is 0 Å². The molecule has 0 amide bonds. The van der Waals surface area contributed by atoms with Crippen molar-refractivity contribution in [3.63, 3.8) is 0 Å². The maximum Gasteiger partial charge on any atom is 0.341 e. The van der Waals surface area contributed by atoms with Gasteiger partial charge in [-0.05, 0) is 30.9 Å². The van der Waals surface area contributed by atoms with Crippen molar-refractivity contribution in [1.82, 2.24) is 4.98 Å². The number of nitrogens with one attached hydrogen (secondary N) is 1. The van der Waals surface area contributed by atoms with Crippen molar-refractivity contribution in [3.05, 3.63) is 17.8 Å². The van der Waals surface area contributed by atoms with E-state index in [1.165, 1.54) is 13.3 Å². The van der Waals surface area contributed by atoms with Gasteiger partial charge in [0.15, 0.2) is 0 Å². The highest BCUT2D eigenvalue weighted by Crippen LogP contribution is 2.18. The van der Waals surface area contributed by atoms with Gasteiger partial charge in [-0.1, -0.05) is 6.92 Å². The highest BCUT2D eigenvalue weighted by atomic mass is 32.2. The summed E-state index contributed by atoms with van der Waals surface area (Å²) in [4.78, 5) is 15.8. The lowest BCUT2D eigenvalue weighted by Gasteiger charge is -2.16. The highest BCUT2D eigenvalue weighted by molar-refractivity contribution is 7.99. The monoisotopic (exact) mass is 283 g/mol. The van der Waals surface area contributed by atoms with Gasteiger partial charge < -0.3 is 15.8 Å². The molecule has 1 rings (SSSR count). The summed E-state index contributed by atoms with van der Waals surface area (Å²) in [5, 5.41) is 3.23. The Morgan fingerprint density at radius 1 is 1.63 bits per heavy atom. The fourth-order valence-electron chi connectivity index (χ4n) is 1.57. The van der Waals surface area contributed by atoms with Gasteiger partial charge in [0, 0.05) is 6.04 Å². The zero-order valence-electron chi connectivity index (χ0n) is 11.6. The van der Waals surface area contributed by atoms with Crippen molar-refractivity contribution in [2.75, 3.05) is 29.7 Å². The quantitative estimate of drug-likeness (QED) is 0.591. The Hall–Kier alpha value is -1.43. The number of hydrogen-bond acceptors (Lipinski definition) is 6. The van der Waals surface area contributed by atoms with Crippen LogP contribution in [0.4, 0.5) is 11.5 Å². The Labute approximate surface area is 118 Å². The van der Waals surface area contributed by atoms with Gasteiger partial charge in [-0.25, -0.2) is 9.78 Å². The summed E-state index contributed by atoms with van der Waals surface area (Å²) in [6.07, 6.45) is 2.54. The predicted octanol–water partition coefficient (Wildman–Crippen LogP) is 2.39. The normalized spacial score (nSPS) is 11.9. The molecule has 0 spiro atoms. The van der Waals surface area contributed by atoms with Crippen LogP contribution >= 0.6 is 11.8 Å². The molecule has 0 aliphatic rings. The second-order valence-corrected chi connectivity index (χ2v) is 5.58. The number of rotatable bonds is 7. The standard InChI is InChI=1S/C13H21N3O2S/c1-4-19-6-5-9(2)16-12-11(13(17)18-3)7-10(14)8-15-12/h7-9H,4-6,14H2,1-3H3,(H,15,16). The molecule has 19 heavy (non-hydrogen) atoms. The third-order valence-electron chi connectivity index (χ3n) is 2.60. The van der Waals surface area contributed by atoms with E-state index in [0.717, 1.165) is 17.9 Å². The molecule has 0 fully saturated rings. The van der Waals surface area contributed by atoms with Crippen molar-refractivity contribution in [1.29, 1.82) is 0 Å². The van der Waals surface area contributed by atoms with Gasteiger partial charge in [-0.15, -0.1) is 0 Å². The molecule has 1 atom stereocenters. The van der Waals surface area contributed by atoms with E-state index in [2.05, 4.69) is 24.1 Å². The molecular weight excluding hydrogens is 262 g/mol. The zero-order chi connectivity index (χ0) is 14.3. The van der Waals surface area contributed by atoms with Crippen molar-refractivity contribution in [3.8, 4) is 0 Å². The van der Waals surface area contributed by atoms with E-state index < -0.39 is 5.97 Å². The number of methoxy groups -OCH3 is 1. The minimum Gasteiger partial charge on any atom is -0.465 e. The van der Waals surface area contributed by atoms with E-state index in [1.54, 1.807) is 6.07 Å². The number of thioether (sulfide) groups is 1. The molecule has 0 aliphatic carbocycles. The van der Waals surface area contributed by atoms with Gasteiger partial charge in [-0.3, -0.25) is 0 Å². The molecule has 0 aliphatic heterocycles. The fraction of sp³-hybridized carbons (Fsp3) is 0.538. The molecule has 1 heterocycles. The van der Waals surface area contributed by atoms with Gasteiger partial charge >= 0.3 is 5.97 Å². The second-order valence-electron chi connectivity index (χ2n) is 4.19. The Morgan fingerprint density at radius 3 is 3.00 bits per heavy atom. The summed E-state index contributed by atoms with van der Waals surface area (Å²) in [6.45, 7) is 4.20. The van der Waals surface area contributed by atoms with Crippen LogP contribution in [0.15, 0.2) is 12.3 Å². The summed E-state index contributed by atoms with van der Waals surface area (Å²) in [5.41, 5.74) is 6.46. The number of carbonyl (C=O) groups is 1. The number of esters is 1. The Morgan fingerprint density at radius 2 is 2.37 bits per heavy atom. The number of ether oxygens (including phenoxy) is 1. The fourth-order valence-corrected chi connectivity index (χ4v) is 2.38. The SMILES string of the molecule is CCSCCC(C)Nc1ncc(N)cc1C(=O)OC. The summed E-state index contributed by atoms with van der Waals surface area (Å²) in [7, 11) is 1.34. The van der Waals surface area contributed by atoms with Gasteiger partial charge in [0.2, 0.25) is 0 Å². The van der Waals surface area contributed by atoms with E-state index in [1.807, 2.05) is 11.8 Å². The first-order chi connectivity index (χ1) is 9.08. The van der Waals surface area contributed by atoms with Crippen molar-refractivity contribution < 1.29 is 9.53 Å². The molecule has 0 bridgehead atoms. The minimum absolute atomic E-state index is 0.235. The Kier molecular flexibility index (Phi) is 6.49. The molecule has 3 N–H and O–H groups in total. The van der Waals surface area contributed by atoms with Crippen molar-refractivity contribution in [2.45, 2.75) is 26.3 Å². The maximum absolute atomic E-state index is 11.7. The molecule has 0 saturated heterocycles. The lowest BCUT2D eigenvalue weighted by Crippen LogP contribution is -2.20. The van der Waals surface area contributed by atoms with Gasteiger partial charge in [0.25, 0.3) is 0 Å². The molecule has 0 saturated carbocycles. The third kappa shape index (κ3) is 4.98. The highest BCUT2D eigenvalue weighted by Gasteiger charge is 2.15. The molecule has 1 aromatic rings. The topological polar surface area (TPSA) is 77.2 Å². The van der Waals surface area contributed by atoms with Crippen molar-refractivity contribution in [2.24, 2.45) is 0 Å². The molecule has 1 aromatic heterocycles. The first-order valence-corrected chi connectivity index (χ1v) is 7.42. The van der Waals surface area contributed by atoms with Crippen LogP contribution in [0.2, 0.25) is 0 Å². The third-order valence-corrected chi connectivity index (χ3v) is 3.53. The van der Waals surface area contributed by atoms with Crippen molar-refractivity contribution >= 4 is 29.2 Å². The van der Waals surface area contributed by atoms with Crippen LogP contribution in [0.3, 0.4) is 0 Å². The zero-order valence-corrected chi connectivity index (χ0v) is 12.4. The number of aromatic nitrogens is 1. The molecule has 1 unspecified atom stereocenters. The lowest BCUT2D eigenvalue weighted by molar-refractivity contribution is 0.0601. The Balaban J connectivity index is 2.74.